The zero-order valence-corrected chi connectivity index (χ0v) is 22.0. The minimum Gasteiger partial charge on any atom is -0.354 e. The normalized spacial score (nSPS) is 12.1. The number of hydrogen-bond donors (Lipinski definition) is 2. The highest BCUT2D eigenvalue weighted by Gasteiger charge is 2.32. The summed E-state index contributed by atoms with van der Waals surface area (Å²) in [5.41, 5.74) is 3.87. The first-order chi connectivity index (χ1) is 17.3. The van der Waals surface area contributed by atoms with Crippen molar-refractivity contribution in [3.63, 3.8) is 0 Å². The van der Waals surface area contributed by atoms with Crippen LogP contribution in [0.4, 0.5) is 0 Å². The molecule has 2 aromatic carbocycles. The number of amides is 2. The van der Waals surface area contributed by atoms with Gasteiger partial charge in [-0.15, -0.1) is 10.2 Å². The Morgan fingerprint density at radius 2 is 1.69 bits per heavy atom. The molecule has 192 valence electrons. The molecular formula is C28H38N6O2. The topological polar surface area (TPSA) is 104 Å². The summed E-state index contributed by atoms with van der Waals surface area (Å²) in [7, 11) is 0. The SMILES string of the molecule is CCCCC(=O)N(Cc1ccc(-c2ccccc2-c2nn[nH]n2)cc1)[C@H](C(=O)NCC(C)C)C(C)C. The van der Waals surface area contributed by atoms with Gasteiger partial charge < -0.3 is 10.2 Å². The minimum atomic E-state index is -0.522. The first-order valence-corrected chi connectivity index (χ1v) is 12.8. The summed E-state index contributed by atoms with van der Waals surface area (Å²) in [6.07, 6.45) is 2.17. The number of carbonyl (C=O) groups is 2. The van der Waals surface area contributed by atoms with Crippen LogP contribution in [0, 0.1) is 11.8 Å². The van der Waals surface area contributed by atoms with Gasteiger partial charge in [0, 0.05) is 25.1 Å². The average Bonchev–Trinajstić information content (AvgIpc) is 3.41. The maximum atomic E-state index is 13.3. The summed E-state index contributed by atoms with van der Waals surface area (Å²) < 4.78 is 0. The first kappa shape index (κ1) is 27.0. The third-order valence-electron chi connectivity index (χ3n) is 6.12. The molecule has 0 saturated carbocycles. The molecule has 0 saturated heterocycles. The van der Waals surface area contributed by atoms with E-state index in [1.54, 1.807) is 4.90 Å². The summed E-state index contributed by atoms with van der Waals surface area (Å²) in [6.45, 7) is 11.2. The number of aromatic nitrogens is 4. The molecule has 0 bridgehead atoms. The zero-order valence-electron chi connectivity index (χ0n) is 22.0. The van der Waals surface area contributed by atoms with Crippen LogP contribution >= 0.6 is 0 Å². The highest BCUT2D eigenvalue weighted by Crippen LogP contribution is 2.30. The fraction of sp³-hybridized carbons (Fsp3) is 0.464. The Hall–Kier alpha value is -3.55. The summed E-state index contributed by atoms with van der Waals surface area (Å²) in [5, 5.41) is 17.5. The van der Waals surface area contributed by atoms with Crippen molar-refractivity contribution in [3.8, 4) is 22.5 Å². The first-order valence-electron chi connectivity index (χ1n) is 12.8. The maximum Gasteiger partial charge on any atom is 0.243 e. The number of H-pyrrole nitrogens is 1. The Bertz CT molecular complexity index is 1110. The van der Waals surface area contributed by atoms with Crippen LogP contribution in [-0.2, 0) is 16.1 Å². The molecule has 0 aliphatic carbocycles. The smallest absolute Gasteiger partial charge is 0.243 e. The van der Waals surface area contributed by atoms with Crippen LogP contribution in [0.3, 0.4) is 0 Å². The van der Waals surface area contributed by atoms with Crippen LogP contribution in [0.2, 0.25) is 0 Å². The number of rotatable bonds is 12. The number of carbonyl (C=O) groups excluding carboxylic acids is 2. The van der Waals surface area contributed by atoms with Crippen LogP contribution < -0.4 is 5.32 Å². The standard InChI is InChI=1S/C28H38N6O2/c1-6-7-12-25(35)34(26(20(4)5)28(36)29-17-19(2)3)18-21-13-15-22(16-14-21)23-10-8-9-11-24(23)27-30-32-33-31-27/h8-11,13-16,19-20,26H,6-7,12,17-18H2,1-5H3,(H,29,36)(H,30,31,32,33)/t26-/m0/s1. The van der Waals surface area contributed by atoms with Crippen LogP contribution in [0.15, 0.2) is 48.5 Å². The lowest BCUT2D eigenvalue weighted by molar-refractivity contribution is -0.143. The number of unbranched alkanes of at least 4 members (excludes halogenated alkanes) is 1. The second-order valence-electron chi connectivity index (χ2n) is 9.93. The highest BCUT2D eigenvalue weighted by molar-refractivity contribution is 5.88. The van der Waals surface area contributed by atoms with E-state index in [9.17, 15) is 9.59 Å². The van der Waals surface area contributed by atoms with Crippen LogP contribution in [0.1, 0.15) is 59.4 Å². The summed E-state index contributed by atoms with van der Waals surface area (Å²) in [6, 6.07) is 15.5. The fourth-order valence-electron chi connectivity index (χ4n) is 4.22. The third kappa shape index (κ3) is 6.99. The van der Waals surface area contributed by atoms with E-state index in [4.69, 9.17) is 0 Å². The van der Waals surface area contributed by atoms with Gasteiger partial charge in [0.05, 0.1) is 0 Å². The Kier molecular flexibility index (Phi) is 9.73. The number of hydrogen-bond acceptors (Lipinski definition) is 5. The molecule has 2 amide bonds. The molecule has 0 unspecified atom stereocenters. The van der Waals surface area contributed by atoms with Gasteiger partial charge in [0.2, 0.25) is 17.6 Å². The molecule has 2 N–H and O–H groups in total. The molecule has 0 radical (unpaired) electrons. The summed E-state index contributed by atoms with van der Waals surface area (Å²) in [5.74, 6) is 0.795. The molecule has 3 rings (SSSR count). The lowest BCUT2D eigenvalue weighted by Gasteiger charge is -2.34. The number of nitrogens with zero attached hydrogens (tertiary/aromatic N) is 4. The second kappa shape index (κ2) is 13.0. The van der Waals surface area contributed by atoms with E-state index < -0.39 is 6.04 Å². The summed E-state index contributed by atoms with van der Waals surface area (Å²) in [4.78, 5) is 28.2. The maximum absolute atomic E-state index is 13.3. The van der Waals surface area contributed by atoms with Crippen LogP contribution in [0.25, 0.3) is 22.5 Å². The van der Waals surface area contributed by atoms with Gasteiger partial charge in [-0.2, -0.15) is 5.21 Å². The molecule has 0 aliphatic rings. The van der Waals surface area contributed by atoms with E-state index in [2.05, 4.69) is 46.7 Å². The number of tetrazole rings is 1. The number of aromatic amines is 1. The molecule has 1 aromatic heterocycles. The molecule has 8 heteroatoms. The predicted molar refractivity (Wildman–Crippen MR) is 142 cm³/mol. The molecular weight excluding hydrogens is 452 g/mol. The van der Waals surface area contributed by atoms with Crippen molar-refractivity contribution in [3.05, 3.63) is 54.1 Å². The number of nitrogens with one attached hydrogen (secondary N) is 2. The van der Waals surface area contributed by atoms with Gasteiger partial charge in [0.15, 0.2) is 0 Å². The van der Waals surface area contributed by atoms with Crippen LogP contribution in [-0.4, -0.2) is 49.9 Å². The molecule has 0 spiro atoms. The van der Waals surface area contributed by atoms with Crippen molar-refractivity contribution >= 4 is 11.8 Å². The molecule has 8 nitrogen and oxygen atoms in total. The zero-order chi connectivity index (χ0) is 26.1. The minimum absolute atomic E-state index is 0.0103. The monoisotopic (exact) mass is 490 g/mol. The predicted octanol–water partition coefficient (Wildman–Crippen LogP) is 4.85. The Morgan fingerprint density at radius 3 is 2.28 bits per heavy atom. The fourth-order valence-corrected chi connectivity index (χ4v) is 4.22. The third-order valence-corrected chi connectivity index (χ3v) is 6.12. The van der Waals surface area contributed by atoms with Crippen molar-refractivity contribution < 1.29 is 9.59 Å². The summed E-state index contributed by atoms with van der Waals surface area (Å²) >= 11 is 0. The molecule has 1 atom stereocenters. The molecule has 1 heterocycles. The molecule has 0 aliphatic heterocycles. The Balaban J connectivity index is 1.87. The van der Waals surface area contributed by atoms with E-state index in [1.165, 1.54) is 0 Å². The van der Waals surface area contributed by atoms with Gasteiger partial charge in [0.25, 0.3) is 0 Å². The van der Waals surface area contributed by atoms with Crippen molar-refractivity contribution in [2.45, 2.75) is 66.5 Å². The van der Waals surface area contributed by atoms with E-state index in [0.29, 0.717) is 31.3 Å². The number of benzene rings is 2. The van der Waals surface area contributed by atoms with Gasteiger partial charge in [0.1, 0.15) is 6.04 Å². The highest BCUT2D eigenvalue weighted by atomic mass is 16.2. The van der Waals surface area contributed by atoms with Crippen molar-refractivity contribution in [1.29, 1.82) is 0 Å². The van der Waals surface area contributed by atoms with Gasteiger partial charge in [-0.25, -0.2) is 0 Å². The van der Waals surface area contributed by atoms with Crippen molar-refractivity contribution in [2.24, 2.45) is 11.8 Å². The average molecular weight is 491 g/mol. The van der Waals surface area contributed by atoms with Gasteiger partial charge in [-0.1, -0.05) is 89.6 Å². The Labute approximate surface area is 213 Å². The second-order valence-corrected chi connectivity index (χ2v) is 9.93. The molecule has 0 fully saturated rings. The van der Waals surface area contributed by atoms with E-state index in [1.807, 2.05) is 62.4 Å². The Morgan fingerprint density at radius 1 is 1.00 bits per heavy atom. The van der Waals surface area contributed by atoms with Crippen molar-refractivity contribution in [2.75, 3.05) is 6.54 Å². The van der Waals surface area contributed by atoms with Gasteiger partial charge in [-0.05, 0) is 40.2 Å². The van der Waals surface area contributed by atoms with E-state index in [-0.39, 0.29) is 17.7 Å². The van der Waals surface area contributed by atoms with Crippen molar-refractivity contribution in [1.82, 2.24) is 30.8 Å². The van der Waals surface area contributed by atoms with Gasteiger partial charge in [-0.3, -0.25) is 9.59 Å². The lowest BCUT2D eigenvalue weighted by Crippen LogP contribution is -2.52. The van der Waals surface area contributed by atoms with E-state index in [0.717, 1.165) is 35.1 Å². The molecule has 36 heavy (non-hydrogen) atoms. The lowest BCUT2D eigenvalue weighted by atomic mass is 9.97. The van der Waals surface area contributed by atoms with Gasteiger partial charge >= 0.3 is 0 Å². The quantitative estimate of drug-likeness (QED) is 0.378. The van der Waals surface area contributed by atoms with E-state index >= 15 is 0 Å². The molecule has 3 aromatic rings. The largest absolute Gasteiger partial charge is 0.354 e. The van der Waals surface area contributed by atoms with Crippen LogP contribution in [0.5, 0.6) is 0 Å².